The van der Waals surface area contributed by atoms with Crippen LogP contribution < -0.4 is 15.1 Å². The Hall–Kier alpha value is -2.68. The van der Waals surface area contributed by atoms with Crippen LogP contribution >= 0.6 is 0 Å². The van der Waals surface area contributed by atoms with E-state index < -0.39 is 27.8 Å². The highest BCUT2D eigenvalue weighted by Gasteiger charge is 2.14. The van der Waals surface area contributed by atoms with Crippen molar-refractivity contribution in [1.29, 1.82) is 0 Å². The fourth-order valence-electron chi connectivity index (χ4n) is 1.29. The number of amides is 2. The standard InChI is InChI=1S/C12H12N2O6S/c1-8(15)14-21(19,20)10-4-2-9(3-5-10)13-11(16)6-7-12(17)18/h2-7H,1H3,(H,13,16)(H,14,15)(H,17,18)/p-1/b7-6-. The lowest BCUT2D eigenvalue weighted by molar-refractivity contribution is -0.297. The molecule has 0 saturated heterocycles. The van der Waals surface area contributed by atoms with Gasteiger partial charge in [0, 0.05) is 18.7 Å². The van der Waals surface area contributed by atoms with Gasteiger partial charge in [0.1, 0.15) is 0 Å². The van der Waals surface area contributed by atoms with Crippen LogP contribution in [-0.2, 0) is 24.4 Å². The monoisotopic (exact) mass is 311 g/mol. The quantitative estimate of drug-likeness (QED) is 0.653. The number of anilines is 1. The summed E-state index contributed by atoms with van der Waals surface area (Å²) in [5.74, 6) is -2.95. The van der Waals surface area contributed by atoms with Crippen LogP contribution in [0.15, 0.2) is 41.3 Å². The molecule has 0 aromatic heterocycles. The Kier molecular flexibility index (Phi) is 5.19. The van der Waals surface area contributed by atoms with E-state index in [9.17, 15) is 27.9 Å². The summed E-state index contributed by atoms with van der Waals surface area (Å²) < 4.78 is 25.1. The lowest BCUT2D eigenvalue weighted by atomic mass is 10.3. The fraction of sp³-hybridized carbons (Fsp3) is 0.0833. The largest absolute Gasteiger partial charge is 0.545 e. The molecule has 8 nitrogen and oxygen atoms in total. The Morgan fingerprint density at radius 2 is 1.67 bits per heavy atom. The molecule has 1 rings (SSSR count). The van der Waals surface area contributed by atoms with E-state index in [4.69, 9.17) is 0 Å². The number of sulfonamides is 1. The van der Waals surface area contributed by atoms with Gasteiger partial charge in [0.15, 0.2) is 0 Å². The van der Waals surface area contributed by atoms with Crippen LogP contribution in [0.5, 0.6) is 0 Å². The van der Waals surface area contributed by atoms with Gasteiger partial charge in [-0.25, -0.2) is 13.1 Å². The molecule has 21 heavy (non-hydrogen) atoms. The average molecular weight is 311 g/mol. The van der Waals surface area contributed by atoms with Crippen LogP contribution in [-0.4, -0.2) is 26.2 Å². The summed E-state index contributed by atoms with van der Waals surface area (Å²) in [5.41, 5.74) is 0.254. The van der Waals surface area contributed by atoms with Gasteiger partial charge in [-0.2, -0.15) is 0 Å². The number of carboxylic acid groups (broad SMARTS) is 1. The highest BCUT2D eigenvalue weighted by Crippen LogP contribution is 2.13. The molecule has 1 aromatic rings. The van der Waals surface area contributed by atoms with Gasteiger partial charge >= 0.3 is 0 Å². The Balaban J connectivity index is 2.81. The third-order valence-electron chi connectivity index (χ3n) is 2.08. The summed E-state index contributed by atoms with van der Waals surface area (Å²) in [4.78, 5) is 32.0. The number of carbonyl (C=O) groups excluding carboxylic acids is 3. The molecule has 0 saturated carbocycles. The summed E-state index contributed by atoms with van der Waals surface area (Å²) in [6, 6.07) is 4.95. The molecule has 9 heteroatoms. The van der Waals surface area contributed by atoms with E-state index in [1.165, 1.54) is 24.3 Å². The molecule has 2 amide bonds. The second kappa shape index (κ2) is 6.66. The first kappa shape index (κ1) is 16.4. The number of carboxylic acids is 1. The van der Waals surface area contributed by atoms with E-state index in [0.29, 0.717) is 6.08 Å². The highest BCUT2D eigenvalue weighted by molar-refractivity contribution is 7.90. The summed E-state index contributed by atoms with van der Waals surface area (Å²) in [6.07, 6.45) is 1.32. The zero-order valence-electron chi connectivity index (χ0n) is 10.8. The van der Waals surface area contributed by atoms with E-state index in [-0.39, 0.29) is 10.6 Å². The molecular weight excluding hydrogens is 300 g/mol. The minimum Gasteiger partial charge on any atom is -0.545 e. The molecule has 0 aliphatic heterocycles. The summed E-state index contributed by atoms with van der Waals surface area (Å²) in [7, 11) is -3.94. The minimum absolute atomic E-state index is 0.152. The first-order valence-electron chi connectivity index (χ1n) is 5.54. The molecule has 0 bridgehead atoms. The second-order valence-electron chi connectivity index (χ2n) is 3.83. The Morgan fingerprint density at radius 1 is 1.10 bits per heavy atom. The van der Waals surface area contributed by atoms with Crippen LogP contribution in [0.2, 0.25) is 0 Å². The van der Waals surface area contributed by atoms with Gasteiger partial charge in [0.05, 0.1) is 10.9 Å². The lowest BCUT2D eigenvalue weighted by Crippen LogP contribution is -2.28. The number of hydrogen-bond acceptors (Lipinski definition) is 6. The molecule has 0 unspecified atom stereocenters. The van der Waals surface area contributed by atoms with Crippen molar-refractivity contribution in [2.24, 2.45) is 0 Å². The molecule has 2 N–H and O–H groups in total. The van der Waals surface area contributed by atoms with Crippen molar-refractivity contribution in [3.63, 3.8) is 0 Å². The Morgan fingerprint density at radius 3 is 2.14 bits per heavy atom. The molecular formula is C12H11N2O6S-. The topological polar surface area (TPSA) is 132 Å². The van der Waals surface area contributed by atoms with Crippen LogP contribution in [0.3, 0.4) is 0 Å². The molecule has 0 fully saturated rings. The van der Waals surface area contributed by atoms with Gasteiger partial charge in [-0.3, -0.25) is 9.59 Å². The summed E-state index contributed by atoms with van der Waals surface area (Å²) in [5, 5.41) is 12.4. The molecule has 0 aliphatic rings. The number of nitrogens with one attached hydrogen (secondary N) is 2. The van der Waals surface area contributed by atoms with Crippen molar-refractivity contribution in [2.75, 3.05) is 5.32 Å². The third-order valence-corrected chi connectivity index (χ3v) is 3.53. The molecule has 112 valence electrons. The van der Waals surface area contributed by atoms with E-state index >= 15 is 0 Å². The minimum atomic E-state index is -3.94. The lowest BCUT2D eigenvalue weighted by Gasteiger charge is -2.06. The van der Waals surface area contributed by atoms with Gasteiger partial charge in [-0.05, 0) is 30.3 Å². The molecule has 0 atom stereocenters. The maximum Gasteiger partial charge on any atom is 0.264 e. The van der Waals surface area contributed by atoms with E-state index in [2.05, 4.69) is 5.32 Å². The fourth-order valence-corrected chi connectivity index (χ4v) is 2.28. The van der Waals surface area contributed by atoms with Crippen LogP contribution in [0.1, 0.15) is 6.92 Å². The number of benzene rings is 1. The second-order valence-corrected chi connectivity index (χ2v) is 5.51. The average Bonchev–Trinajstić information content (AvgIpc) is 2.35. The van der Waals surface area contributed by atoms with Crippen LogP contribution in [0.4, 0.5) is 5.69 Å². The smallest absolute Gasteiger partial charge is 0.264 e. The van der Waals surface area contributed by atoms with Gasteiger partial charge in [-0.15, -0.1) is 0 Å². The van der Waals surface area contributed by atoms with Gasteiger partial charge < -0.3 is 15.2 Å². The first-order valence-corrected chi connectivity index (χ1v) is 7.02. The van der Waals surface area contributed by atoms with E-state index in [0.717, 1.165) is 13.0 Å². The van der Waals surface area contributed by atoms with Gasteiger partial charge in [0.25, 0.3) is 10.0 Å². The number of rotatable bonds is 5. The zero-order valence-corrected chi connectivity index (χ0v) is 11.6. The number of hydrogen-bond donors (Lipinski definition) is 2. The van der Waals surface area contributed by atoms with Crippen LogP contribution in [0, 0.1) is 0 Å². The van der Waals surface area contributed by atoms with Crippen LogP contribution in [0.25, 0.3) is 0 Å². The van der Waals surface area contributed by atoms with Crippen molar-refractivity contribution < 1.29 is 27.9 Å². The molecule has 0 heterocycles. The maximum absolute atomic E-state index is 11.7. The van der Waals surface area contributed by atoms with E-state index in [1.807, 2.05) is 0 Å². The van der Waals surface area contributed by atoms with Gasteiger partial charge in [0.2, 0.25) is 11.8 Å². The summed E-state index contributed by atoms with van der Waals surface area (Å²) in [6.45, 7) is 1.07. The predicted octanol–water partition coefficient (Wildman–Crippen LogP) is -1.24. The van der Waals surface area contributed by atoms with Crippen molar-refractivity contribution in [1.82, 2.24) is 4.72 Å². The predicted molar refractivity (Wildman–Crippen MR) is 70.2 cm³/mol. The molecule has 0 spiro atoms. The molecule has 1 aromatic carbocycles. The Bertz CT molecular complexity index is 691. The first-order chi connectivity index (χ1) is 9.70. The molecule has 0 aliphatic carbocycles. The van der Waals surface area contributed by atoms with Crippen molar-refractivity contribution in [3.05, 3.63) is 36.4 Å². The highest BCUT2D eigenvalue weighted by atomic mass is 32.2. The number of aliphatic carboxylic acids is 1. The van der Waals surface area contributed by atoms with E-state index in [1.54, 1.807) is 4.72 Å². The zero-order chi connectivity index (χ0) is 16.0. The normalized spacial score (nSPS) is 11.1. The van der Waals surface area contributed by atoms with Crippen molar-refractivity contribution in [3.8, 4) is 0 Å². The maximum atomic E-state index is 11.7. The van der Waals surface area contributed by atoms with Gasteiger partial charge in [-0.1, -0.05) is 0 Å². The van der Waals surface area contributed by atoms with Crippen molar-refractivity contribution >= 4 is 33.5 Å². The summed E-state index contributed by atoms with van der Waals surface area (Å²) >= 11 is 0. The Labute approximate surface area is 120 Å². The SMILES string of the molecule is CC(=O)NS(=O)(=O)c1ccc(NC(=O)/C=C\C(=O)[O-])cc1. The van der Waals surface area contributed by atoms with Crippen molar-refractivity contribution in [2.45, 2.75) is 11.8 Å². The molecule has 0 radical (unpaired) electrons. The number of carbonyl (C=O) groups is 3. The third kappa shape index (κ3) is 5.45.